The first-order valence-corrected chi connectivity index (χ1v) is 7.46. The number of anilines is 1. The molecule has 1 atom stereocenters. The van der Waals surface area contributed by atoms with Crippen molar-refractivity contribution in [1.82, 2.24) is 0 Å². The summed E-state index contributed by atoms with van der Waals surface area (Å²) in [5.74, 6) is 0. The molecule has 1 aromatic heterocycles. The third-order valence-corrected chi connectivity index (χ3v) is 4.52. The molecule has 0 bridgehead atoms. The molecule has 0 saturated carbocycles. The van der Waals surface area contributed by atoms with Gasteiger partial charge in [0.05, 0.1) is 25.4 Å². The Balaban J connectivity index is 2.21. The quantitative estimate of drug-likeness (QED) is 0.669. The minimum Gasteiger partial charge on any atom is -0.377 e. The lowest BCUT2D eigenvalue weighted by Gasteiger charge is -2.16. The highest BCUT2D eigenvalue weighted by Gasteiger charge is 2.14. The van der Waals surface area contributed by atoms with E-state index in [-0.39, 0.29) is 6.04 Å². The maximum atomic E-state index is 6.11. The molecule has 1 heterocycles. The number of halogens is 4. The summed E-state index contributed by atoms with van der Waals surface area (Å²) in [7, 11) is 0. The van der Waals surface area contributed by atoms with Crippen molar-refractivity contribution in [2.45, 2.75) is 13.0 Å². The second-order valence-electron chi connectivity index (χ2n) is 3.77. The summed E-state index contributed by atoms with van der Waals surface area (Å²) in [5.41, 5.74) is 1.77. The van der Waals surface area contributed by atoms with E-state index in [0.29, 0.717) is 18.7 Å². The zero-order valence-corrected chi connectivity index (χ0v) is 13.1. The third kappa shape index (κ3) is 3.25. The molecule has 2 aromatic rings. The van der Waals surface area contributed by atoms with Gasteiger partial charge in [0.1, 0.15) is 0 Å². The molecule has 0 aliphatic rings. The molecule has 0 aliphatic carbocycles. The molecule has 0 aliphatic heterocycles. The van der Waals surface area contributed by atoms with Gasteiger partial charge in [-0.3, -0.25) is 0 Å². The van der Waals surface area contributed by atoms with Crippen molar-refractivity contribution in [3.63, 3.8) is 0 Å². The van der Waals surface area contributed by atoms with E-state index in [1.807, 2.05) is 19.1 Å². The number of nitrogens with one attached hydrogen (secondary N) is 1. The van der Waals surface area contributed by atoms with Crippen molar-refractivity contribution >= 4 is 63.4 Å². The molecule has 1 nitrogen and oxygen atoms in total. The van der Waals surface area contributed by atoms with E-state index >= 15 is 0 Å². The summed E-state index contributed by atoms with van der Waals surface area (Å²) in [6.07, 6.45) is 0. The highest BCUT2D eigenvalue weighted by molar-refractivity contribution is 7.20. The number of benzene rings is 1. The van der Waals surface area contributed by atoms with Gasteiger partial charge in [0.15, 0.2) is 0 Å². The van der Waals surface area contributed by atoms with Gasteiger partial charge < -0.3 is 5.32 Å². The fourth-order valence-corrected chi connectivity index (χ4v) is 3.67. The smallest absolute Gasteiger partial charge is 0.0996 e. The highest BCUT2D eigenvalue weighted by Crippen LogP contribution is 2.37. The average molecular weight is 341 g/mol. The topological polar surface area (TPSA) is 12.0 Å². The minimum atomic E-state index is 0.0138. The second kappa shape index (κ2) is 5.89. The largest absolute Gasteiger partial charge is 0.377 e. The number of thiophene rings is 1. The molecule has 0 saturated heterocycles. The Hall–Kier alpha value is -0.120. The first-order chi connectivity index (χ1) is 8.47. The first-order valence-electron chi connectivity index (χ1n) is 5.13. The van der Waals surface area contributed by atoms with Crippen LogP contribution in [0.5, 0.6) is 0 Å². The van der Waals surface area contributed by atoms with Crippen molar-refractivity contribution in [3.8, 4) is 0 Å². The molecule has 96 valence electrons. The third-order valence-electron chi connectivity index (χ3n) is 2.45. The summed E-state index contributed by atoms with van der Waals surface area (Å²) in [6.45, 7) is 2.00. The molecule has 1 unspecified atom stereocenters. The normalized spacial score (nSPS) is 12.5. The average Bonchev–Trinajstić information content (AvgIpc) is 2.62. The molecule has 0 fully saturated rings. The molecule has 18 heavy (non-hydrogen) atoms. The lowest BCUT2D eigenvalue weighted by atomic mass is 10.1. The number of rotatable bonds is 3. The Morgan fingerprint density at radius 1 is 1.11 bits per heavy atom. The molecule has 0 spiro atoms. The van der Waals surface area contributed by atoms with E-state index in [1.54, 1.807) is 12.1 Å². The van der Waals surface area contributed by atoms with Crippen LogP contribution in [0, 0.1) is 0 Å². The van der Waals surface area contributed by atoms with Crippen molar-refractivity contribution in [2.75, 3.05) is 5.32 Å². The van der Waals surface area contributed by atoms with Crippen molar-refractivity contribution in [3.05, 3.63) is 48.5 Å². The van der Waals surface area contributed by atoms with Gasteiger partial charge in [-0.05, 0) is 31.2 Å². The van der Waals surface area contributed by atoms with E-state index in [0.717, 1.165) is 11.3 Å². The Morgan fingerprint density at radius 3 is 2.39 bits per heavy atom. The van der Waals surface area contributed by atoms with Crippen LogP contribution in [-0.4, -0.2) is 0 Å². The van der Waals surface area contributed by atoms with Gasteiger partial charge in [-0.25, -0.2) is 0 Å². The predicted molar refractivity (Wildman–Crippen MR) is 82.8 cm³/mol. The lowest BCUT2D eigenvalue weighted by molar-refractivity contribution is 0.891. The summed E-state index contributed by atoms with van der Waals surface area (Å²) in [5, 5.41) is 4.46. The second-order valence-corrected chi connectivity index (χ2v) is 6.90. The predicted octanol–water partition coefficient (Wildman–Crippen LogP) is 6.53. The van der Waals surface area contributed by atoms with Crippen LogP contribution in [-0.2, 0) is 0 Å². The number of hydrogen-bond donors (Lipinski definition) is 1. The summed E-state index contributed by atoms with van der Waals surface area (Å²) in [4.78, 5) is 0. The van der Waals surface area contributed by atoms with Crippen LogP contribution in [0.15, 0.2) is 24.3 Å². The van der Waals surface area contributed by atoms with Gasteiger partial charge in [0.2, 0.25) is 0 Å². The fourth-order valence-electron chi connectivity index (χ4n) is 1.57. The summed E-state index contributed by atoms with van der Waals surface area (Å²) in [6, 6.07) is 7.18. The molecule has 0 radical (unpaired) electrons. The SMILES string of the molecule is CC(Nc1ccc(Cl)cc1Cl)c1cc(Cl)sc1Cl. The monoisotopic (exact) mass is 339 g/mol. The van der Waals surface area contributed by atoms with Crippen molar-refractivity contribution < 1.29 is 0 Å². The van der Waals surface area contributed by atoms with Gasteiger partial charge >= 0.3 is 0 Å². The molecular formula is C12H9Cl4NS. The fraction of sp³-hybridized carbons (Fsp3) is 0.167. The van der Waals surface area contributed by atoms with Gasteiger partial charge in [-0.15, -0.1) is 11.3 Å². The zero-order chi connectivity index (χ0) is 13.3. The van der Waals surface area contributed by atoms with E-state index < -0.39 is 0 Å². The molecular weight excluding hydrogens is 332 g/mol. The van der Waals surface area contributed by atoms with Crippen LogP contribution in [0.25, 0.3) is 0 Å². The van der Waals surface area contributed by atoms with Gasteiger partial charge in [0.25, 0.3) is 0 Å². The lowest BCUT2D eigenvalue weighted by Crippen LogP contribution is -2.06. The molecule has 0 amide bonds. The van der Waals surface area contributed by atoms with Crippen LogP contribution >= 0.6 is 57.7 Å². The van der Waals surface area contributed by atoms with Crippen molar-refractivity contribution in [2.24, 2.45) is 0 Å². The van der Waals surface area contributed by atoms with Gasteiger partial charge in [-0.2, -0.15) is 0 Å². The zero-order valence-electron chi connectivity index (χ0n) is 9.31. The van der Waals surface area contributed by atoms with Crippen LogP contribution in [0.2, 0.25) is 18.7 Å². The van der Waals surface area contributed by atoms with Crippen molar-refractivity contribution in [1.29, 1.82) is 0 Å². The summed E-state index contributed by atoms with van der Waals surface area (Å²) >= 11 is 25.3. The van der Waals surface area contributed by atoms with Gasteiger partial charge in [-0.1, -0.05) is 46.4 Å². The Kier molecular flexibility index (Phi) is 4.68. The van der Waals surface area contributed by atoms with Gasteiger partial charge in [0, 0.05) is 10.6 Å². The Morgan fingerprint density at radius 2 is 1.83 bits per heavy atom. The first kappa shape index (κ1) is 14.3. The van der Waals surface area contributed by atoms with E-state index in [2.05, 4.69) is 5.32 Å². The summed E-state index contributed by atoms with van der Waals surface area (Å²) < 4.78 is 1.36. The van der Waals surface area contributed by atoms with E-state index in [9.17, 15) is 0 Å². The minimum absolute atomic E-state index is 0.0138. The molecule has 2 rings (SSSR count). The molecule has 1 aromatic carbocycles. The Bertz CT molecular complexity index is 567. The maximum absolute atomic E-state index is 6.11. The molecule has 6 heteroatoms. The standard InChI is InChI=1S/C12H9Cl4NS/c1-6(8-5-11(15)18-12(8)16)17-10-3-2-7(13)4-9(10)14/h2-6,17H,1H3. The highest BCUT2D eigenvalue weighted by atomic mass is 35.5. The Labute approximate surface area is 130 Å². The van der Waals surface area contributed by atoms with E-state index in [1.165, 1.54) is 11.3 Å². The van der Waals surface area contributed by atoms with Crippen LogP contribution in [0.3, 0.4) is 0 Å². The van der Waals surface area contributed by atoms with E-state index in [4.69, 9.17) is 46.4 Å². The van der Waals surface area contributed by atoms with Crippen LogP contribution in [0.1, 0.15) is 18.5 Å². The van der Waals surface area contributed by atoms with Crippen LogP contribution in [0.4, 0.5) is 5.69 Å². The maximum Gasteiger partial charge on any atom is 0.0996 e. The molecule has 1 N–H and O–H groups in total. The van der Waals surface area contributed by atoms with Crippen LogP contribution < -0.4 is 5.32 Å². The number of hydrogen-bond acceptors (Lipinski definition) is 2.